The van der Waals surface area contributed by atoms with Gasteiger partial charge < -0.3 is 9.84 Å². The summed E-state index contributed by atoms with van der Waals surface area (Å²) >= 11 is 0. The van der Waals surface area contributed by atoms with Gasteiger partial charge in [0.1, 0.15) is 18.1 Å². The summed E-state index contributed by atoms with van der Waals surface area (Å²) in [6.07, 6.45) is 0.536. The molecule has 0 amide bonds. The molecule has 0 atom stereocenters. The van der Waals surface area contributed by atoms with Gasteiger partial charge in [0, 0.05) is 19.4 Å². The molecule has 0 bridgehead atoms. The number of ether oxygens (including phenoxy) is 1. The van der Waals surface area contributed by atoms with Crippen molar-refractivity contribution in [3.8, 4) is 5.75 Å². The van der Waals surface area contributed by atoms with Gasteiger partial charge in [-0.3, -0.25) is 4.79 Å². The number of benzene rings is 2. The van der Waals surface area contributed by atoms with E-state index in [1.54, 1.807) is 0 Å². The highest BCUT2D eigenvalue weighted by molar-refractivity contribution is 5.81. The van der Waals surface area contributed by atoms with Crippen molar-refractivity contribution in [1.29, 1.82) is 0 Å². The van der Waals surface area contributed by atoms with Gasteiger partial charge >= 0.3 is 0 Å². The van der Waals surface area contributed by atoms with Gasteiger partial charge in [0.05, 0.1) is 0 Å². The van der Waals surface area contributed by atoms with Crippen LogP contribution in [0.5, 0.6) is 5.75 Å². The number of carbonyl (C=O) groups is 1. The van der Waals surface area contributed by atoms with Crippen molar-refractivity contribution in [2.24, 2.45) is 0 Å². The molecule has 22 heavy (non-hydrogen) atoms. The largest absolute Gasteiger partial charge is 0.489 e. The fourth-order valence-electron chi connectivity index (χ4n) is 2.42. The van der Waals surface area contributed by atoms with Gasteiger partial charge in [0.25, 0.3) is 0 Å². The number of ketones is 1. The van der Waals surface area contributed by atoms with Crippen LogP contribution in [0, 0.1) is 13.8 Å². The van der Waals surface area contributed by atoms with E-state index in [1.165, 1.54) is 16.7 Å². The molecule has 0 saturated heterocycles. The lowest BCUT2D eigenvalue weighted by molar-refractivity contribution is -0.119. The minimum absolute atomic E-state index is 0.0365. The molecule has 0 unspecified atom stereocenters. The average molecular weight is 298 g/mol. The third kappa shape index (κ3) is 4.43. The molecule has 3 nitrogen and oxygen atoms in total. The molecule has 0 aliphatic heterocycles. The highest BCUT2D eigenvalue weighted by Gasteiger charge is 2.06. The first-order valence-corrected chi connectivity index (χ1v) is 7.49. The SMILES string of the molecule is Cc1cccc(C)c1COc1cccc(CC(=O)CCO)c1. The van der Waals surface area contributed by atoms with E-state index in [2.05, 4.69) is 26.0 Å². The highest BCUT2D eigenvalue weighted by atomic mass is 16.5. The molecule has 0 saturated carbocycles. The molecule has 2 aromatic rings. The van der Waals surface area contributed by atoms with Crippen LogP contribution in [0.4, 0.5) is 0 Å². The lowest BCUT2D eigenvalue weighted by Crippen LogP contribution is -2.05. The molecule has 0 aliphatic carbocycles. The van der Waals surface area contributed by atoms with Crippen molar-refractivity contribution in [3.05, 3.63) is 64.7 Å². The number of aryl methyl sites for hydroxylation is 2. The van der Waals surface area contributed by atoms with Crippen LogP contribution in [0.15, 0.2) is 42.5 Å². The number of hydrogen-bond donors (Lipinski definition) is 1. The second-order valence-corrected chi connectivity index (χ2v) is 5.50. The Morgan fingerprint density at radius 1 is 1.09 bits per heavy atom. The van der Waals surface area contributed by atoms with Crippen molar-refractivity contribution in [2.75, 3.05) is 6.61 Å². The van der Waals surface area contributed by atoms with Crippen LogP contribution in [0.1, 0.15) is 28.7 Å². The van der Waals surface area contributed by atoms with Gasteiger partial charge in [-0.25, -0.2) is 0 Å². The minimum atomic E-state index is -0.0956. The molecular formula is C19H22O3. The van der Waals surface area contributed by atoms with Gasteiger partial charge in [-0.1, -0.05) is 30.3 Å². The van der Waals surface area contributed by atoms with E-state index >= 15 is 0 Å². The minimum Gasteiger partial charge on any atom is -0.489 e. The molecule has 116 valence electrons. The standard InChI is InChI=1S/C19H22O3/c1-14-5-3-6-15(2)19(14)13-22-18-8-4-7-16(12-18)11-17(21)9-10-20/h3-8,12,20H,9-11,13H2,1-2H3. The predicted molar refractivity (Wildman–Crippen MR) is 87.1 cm³/mol. The third-order valence-corrected chi connectivity index (χ3v) is 3.72. The number of hydrogen-bond acceptors (Lipinski definition) is 3. The Hall–Kier alpha value is -2.13. The van der Waals surface area contributed by atoms with Crippen LogP contribution >= 0.6 is 0 Å². The second kappa shape index (κ2) is 7.76. The third-order valence-electron chi connectivity index (χ3n) is 3.72. The molecule has 0 fully saturated rings. The van der Waals surface area contributed by atoms with E-state index in [-0.39, 0.29) is 18.8 Å². The molecule has 0 aromatic heterocycles. The maximum absolute atomic E-state index is 11.6. The topological polar surface area (TPSA) is 46.5 Å². The molecule has 0 aliphatic rings. The molecule has 0 spiro atoms. The molecule has 3 heteroatoms. The Morgan fingerprint density at radius 3 is 2.45 bits per heavy atom. The number of aliphatic hydroxyl groups excluding tert-OH is 1. The Bertz CT molecular complexity index is 627. The average Bonchev–Trinajstić information content (AvgIpc) is 2.47. The first-order chi connectivity index (χ1) is 10.6. The summed E-state index contributed by atoms with van der Waals surface area (Å²) in [6, 6.07) is 13.8. The summed E-state index contributed by atoms with van der Waals surface area (Å²) in [5.74, 6) is 0.798. The highest BCUT2D eigenvalue weighted by Crippen LogP contribution is 2.19. The summed E-state index contributed by atoms with van der Waals surface area (Å²) in [4.78, 5) is 11.6. The van der Waals surface area contributed by atoms with E-state index in [0.29, 0.717) is 13.0 Å². The van der Waals surface area contributed by atoms with Crippen molar-refractivity contribution in [1.82, 2.24) is 0 Å². The fourth-order valence-corrected chi connectivity index (χ4v) is 2.42. The van der Waals surface area contributed by atoms with Crippen LogP contribution in [0.2, 0.25) is 0 Å². The molecule has 0 radical (unpaired) electrons. The van der Waals surface area contributed by atoms with Gasteiger partial charge in [0.2, 0.25) is 0 Å². The van der Waals surface area contributed by atoms with E-state index in [0.717, 1.165) is 11.3 Å². The van der Waals surface area contributed by atoms with E-state index in [4.69, 9.17) is 9.84 Å². The predicted octanol–water partition coefficient (Wildman–Crippen LogP) is 3.38. The zero-order valence-corrected chi connectivity index (χ0v) is 13.1. The van der Waals surface area contributed by atoms with Gasteiger partial charge in [-0.05, 0) is 48.2 Å². The number of aliphatic hydroxyl groups is 1. The van der Waals surface area contributed by atoms with Crippen LogP contribution in [0.25, 0.3) is 0 Å². The monoisotopic (exact) mass is 298 g/mol. The zero-order valence-electron chi connectivity index (χ0n) is 13.1. The van der Waals surface area contributed by atoms with Gasteiger partial charge in [-0.15, -0.1) is 0 Å². The van der Waals surface area contributed by atoms with Gasteiger partial charge in [0.15, 0.2) is 0 Å². The van der Waals surface area contributed by atoms with Gasteiger partial charge in [-0.2, -0.15) is 0 Å². The molecule has 2 rings (SSSR count). The van der Waals surface area contributed by atoms with Crippen molar-refractivity contribution in [3.63, 3.8) is 0 Å². The molecular weight excluding hydrogens is 276 g/mol. The van der Waals surface area contributed by atoms with Crippen LogP contribution in [0.3, 0.4) is 0 Å². The summed E-state index contributed by atoms with van der Waals surface area (Å²) in [5, 5.41) is 8.79. The Labute approximate surface area is 131 Å². The van der Waals surface area contributed by atoms with E-state index in [9.17, 15) is 4.79 Å². The Balaban J connectivity index is 2.03. The van der Waals surface area contributed by atoms with Crippen molar-refractivity contribution >= 4 is 5.78 Å². The van der Waals surface area contributed by atoms with Crippen LogP contribution < -0.4 is 4.74 Å². The maximum atomic E-state index is 11.6. The molecule has 0 heterocycles. The fraction of sp³-hybridized carbons (Fsp3) is 0.316. The van der Waals surface area contributed by atoms with E-state index in [1.807, 2.05) is 30.3 Å². The molecule has 1 N–H and O–H groups in total. The zero-order chi connectivity index (χ0) is 15.9. The maximum Gasteiger partial charge on any atom is 0.139 e. The summed E-state index contributed by atoms with van der Waals surface area (Å²) < 4.78 is 5.88. The number of Topliss-reactive ketones (excluding diaryl/α,β-unsaturated/α-hetero) is 1. The first kappa shape index (κ1) is 16.2. The quantitative estimate of drug-likeness (QED) is 0.852. The summed E-state index contributed by atoms with van der Waals surface area (Å²) in [5.41, 5.74) is 4.55. The Morgan fingerprint density at radius 2 is 1.77 bits per heavy atom. The summed E-state index contributed by atoms with van der Waals surface area (Å²) in [7, 11) is 0. The normalized spacial score (nSPS) is 10.5. The lowest BCUT2D eigenvalue weighted by atomic mass is 10.0. The second-order valence-electron chi connectivity index (χ2n) is 5.50. The summed E-state index contributed by atoms with van der Waals surface area (Å²) in [6.45, 7) is 4.58. The van der Waals surface area contributed by atoms with E-state index < -0.39 is 0 Å². The van der Waals surface area contributed by atoms with Crippen molar-refractivity contribution in [2.45, 2.75) is 33.3 Å². The first-order valence-electron chi connectivity index (χ1n) is 7.49. The molecule has 2 aromatic carbocycles. The number of rotatable bonds is 7. The van der Waals surface area contributed by atoms with Crippen molar-refractivity contribution < 1.29 is 14.6 Å². The lowest BCUT2D eigenvalue weighted by Gasteiger charge is -2.12. The Kier molecular flexibility index (Phi) is 5.73. The number of carbonyl (C=O) groups excluding carboxylic acids is 1. The van der Waals surface area contributed by atoms with Crippen LogP contribution in [-0.4, -0.2) is 17.5 Å². The smallest absolute Gasteiger partial charge is 0.139 e. The van der Waals surface area contributed by atoms with Crippen LogP contribution in [-0.2, 0) is 17.8 Å².